The van der Waals surface area contributed by atoms with Gasteiger partial charge in [-0.2, -0.15) is 0 Å². The molecule has 0 saturated heterocycles. The highest BCUT2D eigenvalue weighted by Gasteiger charge is 2.07. The molecule has 0 radical (unpaired) electrons. The summed E-state index contributed by atoms with van der Waals surface area (Å²) >= 11 is 3.26. The Kier molecular flexibility index (Phi) is 3.31. The summed E-state index contributed by atoms with van der Waals surface area (Å²) in [6.07, 6.45) is 1.66. The lowest BCUT2D eigenvalue weighted by atomic mass is 10.0. The Hall–Kier alpha value is -1.68. The van der Waals surface area contributed by atoms with Gasteiger partial charge in [-0.1, -0.05) is 35.5 Å². The molecule has 0 aliphatic carbocycles. The number of halogens is 1. The average Bonchev–Trinajstić information content (AvgIpc) is 2.34. The van der Waals surface area contributed by atoms with Crippen molar-refractivity contribution in [3.63, 3.8) is 0 Å². The van der Waals surface area contributed by atoms with Gasteiger partial charge < -0.3 is 5.21 Å². The molecular weight excluding hydrogens is 268 g/mol. The van der Waals surface area contributed by atoms with Gasteiger partial charge >= 0.3 is 0 Å². The molecule has 0 fully saturated rings. The molecule has 2 aromatic rings. The lowest BCUT2D eigenvalue weighted by molar-refractivity contribution is 0.319. The molecule has 1 N–H and O–H groups in total. The van der Waals surface area contributed by atoms with Crippen LogP contribution < -0.4 is 0 Å². The highest BCUT2D eigenvalue weighted by molar-refractivity contribution is 9.10. The number of oxime groups is 1. The van der Waals surface area contributed by atoms with Gasteiger partial charge in [0.25, 0.3) is 0 Å². The third-order valence-corrected chi connectivity index (χ3v) is 2.62. The Morgan fingerprint density at radius 2 is 1.81 bits per heavy atom. The monoisotopic (exact) mass is 276 g/mol. The van der Waals surface area contributed by atoms with E-state index in [-0.39, 0.29) is 0 Å². The Morgan fingerprint density at radius 3 is 2.38 bits per heavy atom. The second-order valence-corrected chi connectivity index (χ2v) is 4.00. The molecule has 1 aromatic carbocycles. The van der Waals surface area contributed by atoms with Crippen LogP contribution in [0.2, 0.25) is 0 Å². The molecule has 1 aromatic heterocycles. The third-order valence-electron chi connectivity index (χ3n) is 2.15. The zero-order chi connectivity index (χ0) is 11.4. The van der Waals surface area contributed by atoms with Gasteiger partial charge in [-0.15, -0.1) is 0 Å². The van der Waals surface area contributed by atoms with Crippen molar-refractivity contribution in [3.05, 3.63) is 64.4 Å². The Balaban J connectivity index is 2.42. The standard InChI is InChI=1S/C12H9BrN2O/c13-11-7-6-10(8-14-11)12(15-16)9-4-2-1-3-5-9/h1-8,16H. The maximum Gasteiger partial charge on any atom is 0.118 e. The molecular formula is C12H9BrN2O. The predicted octanol–water partition coefficient (Wildman–Crippen LogP) is 3.07. The molecule has 0 spiro atoms. The molecule has 0 amide bonds. The van der Waals surface area contributed by atoms with Gasteiger partial charge in [0, 0.05) is 17.3 Å². The fraction of sp³-hybridized carbons (Fsp3) is 0. The summed E-state index contributed by atoms with van der Waals surface area (Å²) in [5.74, 6) is 0. The minimum absolute atomic E-state index is 0.514. The summed E-state index contributed by atoms with van der Waals surface area (Å²) in [5, 5.41) is 12.4. The topological polar surface area (TPSA) is 45.5 Å². The minimum Gasteiger partial charge on any atom is -0.410 e. The molecule has 3 nitrogen and oxygen atoms in total. The quantitative estimate of drug-likeness (QED) is 0.397. The van der Waals surface area contributed by atoms with Crippen LogP contribution in [0, 0.1) is 0 Å². The van der Waals surface area contributed by atoms with Gasteiger partial charge in [-0.05, 0) is 28.1 Å². The van der Waals surface area contributed by atoms with Gasteiger partial charge in [0.05, 0.1) is 0 Å². The molecule has 1 heterocycles. The summed E-state index contributed by atoms with van der Waals surface area (Å²) in [6.45, 7) is 0. The molecule has 0 bridgehead atoms. The van der Waals surface area contributed by atoms with Crippen LogP contribution in [0.15, 0.2) is 58.4 Å². The van der Waals surface area contributed by atoms with Crippen molar-refractivity contribution in [2.45, 2.75) is 0 Å². The number of nitrogens with zero attached hydrogens (tertiary/aromatic N) is 2. The van der Waals surface area contributed by atoms with Crippen molar-refractivity contribution in [1.82, 2.24) is 4.98 Å². The maximum atomic E-state index is 9.05. The van der Waals surface area contributed by atoms with Crippen molar-refractivity contribution in [2.75, 3.05) is 0 Å². The van der Waals surface area contributed by atoms with E-state index in [1.165, 1.54) is 0 Å². The molecule has 0 saturated carbocycles. The van der Waals surface area contributed by atoms with Gasteiger partial charge in [-0.25, -0.2) is 4.98 Å². The lowest BCUT2D eigenvalue weighted by Gasteiger charge is -2.03. The second kappa shape index (κ2) is 4.90. The molecule has 2 rings (SSSR count). The van der Waals surface area contributed by atoms with Crippen LogP contribution in [0.5, 0.6) is 0 Å². The number of pyridine rings is 1. The van der Waals surface area contributed by atoms with Crippen LogP contribution in [0.3, 0.4) is 0 Å². The van der Waals surface area contributed by atoms with E-state index < -0.39 is 0 Å². The van der Waals surface area contributed by atoms with Crippen molar-refractivity contribution in [1.29, 1.82) is 0 Å². The first-order chi connectivity index (χ1) is 7.81. The van der Waals surface area contributed by atoms with Crippen molar-refractivity contribution < 1.29 is 5.21 Å². The summed E-state index contributed by atoms with van der Waals surface area (Å²) in [4.78, 5) is 4.10. The molecule has 0 aliphatic heterocycles. The highest BCUT2D eigenvalue weighted by atomic mass is 79.9. The maximum absolute atomic E-state index is 9.05. The van der Waals surface area contributed by atoms with E-state index in [4.69, 9.17) is 5.21 Å². The lowest BCUT2D eigenvalue weighted by Crippen LogP contribution is -2.03. The van der Waals surface area contributed by atoms with Crippen LogP contribution in [0.25, 0.3) is 0 Å². The zero-order valence-corrected chi connectivity index (χ0v) is 9.92. The molecule has 80 valence electrons. The zero-order valence-electron chi connectivity index (χ0n) is 8.34. The average molecular weight is 277 g/mol. The number of benzene rings is 1. The fourth-order valence-electron chi connectivity index (χ4n) is 1.39. The normalized spacial score (nSPS) is 11.4. The van der Waals surface area contributed by atoms with E-state index in [1.807, 2.05) is 42.5 Å². The summed E-state index contributed by atoms with van der Waals surface area (Å²) < 4.78 is 0.751. The van der Waals surface area contributed by atoms with E-state index in [0.717, 1.165) is 15.7 Å². The molecule has 0 aliphatic rings. The van der Waals surface area contributed by atoms with Gasteiger partial charge in [-0.3, -0.25) is 0 Å². The van der Waals surface area contributed by atoms with Crippen molar-refractivity contribution in [2.24, 2.45) is 5.16 Å². The van der Waals surface area contributed by atoms with Crippen LogP contribution in [-0.4, -0.2) is 15.9 Å². The number of aromatic nitrogens is 1. The largest absolute Gasteiger partial charge is 0.410 e. The first-order valence-electron chi connectivity index (χ1n) is 4.70. The molecule has 4 heteroatoms. The van der Waals surface area contributed by atoms with Gasteiger partial charge in [0.15, 0.2) is 0 Å². The molecule has 16 heavy (non-hydrogen) atoms. The number of hydrogen-bond donors (Lipinski definition) is 1. The van der Waals surface area contributed by atoms with Crippen LogP contribution in [0.4, 0.5) is 0 Å². The molecule has 0 unspecified atom stereocenters. The van der Waals surface area contributed by atoms with Gasteiger partial charge in [0.1, 0.15) is 10.3 Å². The third kappa shape index (κ3) is 2.28. The molecule has 0 atom stereocenters. The van der Waals surface area contributed by atoms with Crippen LogP contribution in [0.1, 0.15) is 11.1 Å². The van der Waals surface area contributed by atoms with Crippen molar-refractivity contribution in [3.8, 4) is 0 Å². The first kappa shape index (κ1) is 10.8. The van der Waals surface area contributed by atoms with E-state index >= 15 is 0 Å². The smallest absolute Gasteiger partial charge is 0.118 e. The van der Waals surface area contributed by atoms with Crippen molar-refractivity contribution >= 4 is 21.6 Å². The highest BCUT2D eigenvalue weighted by Crippen LogP contribution is 2.12. The SMILES string of the molecule is ON=C(c1ccccc1)c1ccc(Br)nc1. The Labute approximate surface area is 102 Å². The number of hydrogen-bond acceptors (Lipinski definition) is 3. The van der Waals surface area contributed by atoms with Crippen LogP contribution >= 0.6 is 15.9 Å². The minimum atomic E-state index is 0.514. The van der Waals surface area contributed by atoms with E-state index in [1.54, 1.807) is 6.20 Å². The number of rotatable bonds is 2. The van der Waals surface area contributed by atoms with Crippen LogP contribution in [-0.2, 0) is 0 Å². The fourth-order valence-corrected chi connectivity index (χ4v) is 1.63. The summed E-state index contributed by atoms with van der Waals surface area (Å²) in [5.41, 5.74) is 2.15. The summed E-state index contributed by atoms with van der Waals surface area (Å²) in [7, 11) is 0. The predicted molar refractivity (Wildman–Crippen MR) is 65.8 cm³/mol. The second-order valence-electron chi connectivity index (χ2n) is 3.18. The van der Waals surface area contributed by atoms with E-state index in [2.05, 4.69) is 26.1 Å². The van der Waals surface area contributed by atoms with E-state index in [9.17, 15) is 0 Å². The van der Waals surface area contributed by atoms with E-state index in [0.29, 0.717) is 5.71 Å². The first-order valence-corrected chi connectivity index (χ1v) is 5.50. The van der Waals surface area contributed by atoms with Gasteiger partial charge in [0.2, 0.25) is 0 Å². The Morgan fingerprint density at radius 1 is 1.06 bits per heavy atom. The Bertz CT molecular complexity index is 494. The summed E-state index contributed by atoms with van der Waals surface area (Å²) in [6, 6.07) is 13.1.